The van der Waals surface area contributed by atoms with Crippen molar-refractivity contribution in [3.8, 4) is 0 Å². The fourth-order valence-corrected chi connectivity index (χ4v) is 2.28. The third-order valence-corrected chi connectivity index (χ3v) is 3.41. The Morgan fingerprint density at radius 3 is 3.10 bits per heavy atom. The van der Waals surface area contributed by atoms with Crippen molar-refractivity contribution in [3.63, 3.8) is 0 Å². The molecule has 0 aliphatic carbocycles. The molecular formula is C15H21FN2O2. The smallest absolute Gasteiger partial charge is 0.236 e. The van der Waals surface area contributed by atoms with Gasteiger partial charge in [0.05, 0.1) is 12.6 Å². The Hall–Kier alpha value is -1.46. The second-order valence-electron chi connectivity index (χ2n) is 5.15. The number of halogens is 1. The molecule has 1 aliphatic rings. The summed E-state index contributed by atoms with van der Waals surface area (Å²) in [6.07, 6.45) is 2.39. The molecule has 4 nitrogen and oxygen atoms in total. The maximum Gasteiger partial charge on any atom is 0.236 e. The topological polar surface area (TPSA) is 41.6 Å². The average molecular weight is 280 g/mol. The van der Waals surface area contributed by atoms with Gasteiger partial charge in [0, 0.05) is 26.7 Å². The van der Waals surface area contributed by atoms with E-state index in [4.69, 9.17) is 4.74 Å². The fourth-order valence-electron chi connectivity index (χ4n) is 2.28. The normalized spacial score (nSPS) is 18.2. The quantitative estimate of drug-likeness (QED) is 0.859. The minimum Gasteiger partial charge on any atom is -0.377 e. The van der Waals surface area contributed by atoms with E-state index in [-0.39, 0.29) is 24.4 Å². The molecule has 2 rings (SSSR count). The summed E-state index contributed by atoms with van der Waals surface area (Å²) in [7, 11) is 1.72. The van der Waals surface area contributed by atoms with Crippen LogP contribution in [0.2, 0.25) is 0 Å². The summed E-state index contributed by atoms with van der Waals surface area (Å²) in [5.41, 5.74) is 0.792. The van der Waals surface area contributed by atoms with Crippen LogP contribution in [0.5, 0.6) is 0 Å². The van der Waals surface area contributed by atoms with E-state index in [9.17, 15) is 9.18 Å². The van der Waals surface area contributed by atoms with Crippen molar-refractivity contribution in [3.05, 3.63) is 35.6 Å². The first-order chi connectivity index (χ1) is 9.65. The lowest BCUT2D eigenvalue weighted by molar-refractivity contribution is -0.129. The predicted molar refractivity (Wildman–Crippen MR) is 74.7 cm³/mol. The maximum atomic E-state index is 13.1. The highest BCUT2D eigenvalue weighted by atomic mass is 19.1. The van der Waals surface area contributed by atoms with Crippen LogP contribution in [-0.2, 0) is 16.1 Å². The van der Waals surface area contributed by atoms with E-state index < -0.39 is 0 Å². The molecule has 1 amide bonds. The number of likely N-dealkylation sites (N-methyl/N-ethyl adjacent to an activating group) is 1. The molecule has 0 saturated carbocycles. The van der Waals surface area contributed by atoms with E-state index in [1.807, 2.05) is 6.07 Å². The molecule has 5 heteroatoms. The Morgan fingerprint density at radius 2 is 2.40 bits per heavy atom. The number of rotatable bonds is 6. The molecule has 1 aromatic rings. The van der Waals surface area contributed by atoms with Crippen molar-refractivity contribution < 1.29 is 13.9 Å². The lowest BCUT2D eigenvalue weighted by Crippen LogP contribution is -2.38. The van der Waals surface area contributed by atoms with Crippen LogP contribution in [-0.4, -0.2) is 43.7 Å². The van der Waals surface area contributed by atoms with Gasteiger partial charge in [0.2, 0.25) is 5.91 Å². The molecule has 1 atom stereocenters. The summed E-state index contributed by atoms with van der Waals surface area (Å²) in [4.78, 5) is 13.5. The molecule has 1 fully saturated rings. The van der Waals surface area contributed by atoms with Crippen LogP contribution >= 0.6 is 0 Å². The highest BCUT2D eigenvalue weighted by Crippen LogP contribution is 2.10. The summed E-state index contributed by atoms with van der Waals surface area (Å²) in [5.74, 6) is -0.285. The van der Waals surface area contributed by atoms with E-state index in [0.717, 1.165) is 25.0 Å². The highest BCUT2D eigenvalue weighted by molar-refractivity contribution is 5.77. The number of carbonyl (C=O) groups is 1. The van der Waals surface area contributed by atoms with Gasteiger partial charge in [-0.3, -0.25) is 4.79 Å². The Kier molecular flexibility index (Phi) is 5.49. The maximum absolute atomic E-state index is 13.1. The lowest BCUT2D eigenvalue weighted by Gasteiger charge is -2.18. The van der Waals surface area contributed by atoms with Crippen LogP contribution in [0.3, 0.4) is 0 Å². The number of amides is 1. The third-order valence-electron chi connectivity index (χ3n) is 3.41. The van der Waals surface area contributed by atoms with Gasteiger partial charge in [-0.15, -0.1) is 0 Å². The van der Waals surface area contributed by atoms with Crippen molar-refractivity contribution in [2.24, 2.45) is 0 Å². The number of carbonyl (C=O) groups excluding carboxylic acids is 1. The zero-order valence-corrected chi connectivity index (χ0v) is 11.8. The van der Waals surface area contributed by atoms with Gasteiger partial charge >= 0.3 is 0 Å². The summed E-state index contributed by atoms with van der Waals surface area (Å²) in [5, 5.41) is 3.11. The third kappa shape index (κ3) is 4.58. The van der Waals surface area contributed by atoms with E-state index in [1.54, 1.807) is 18.0 Å². The van der Waals surface area contributed by atoms with Crippen LogP contribution in [0.15, 0.2) is 24.3 Å². The summed E-state index contributed by atoms with van der Waals surface area (Å²) < 4.78 is 18.5. The summed E-state index contributed by atoms with van der Waals surface area (Å²) in [6.45, 7) is 2.23. The van der Waals surface area contributed by atoms with Gasteiger partial charge in [-0.1, -0.05) is 12.1 Å². The fraction of sp³-hybridized carbons (Fsp3) is 0.533. The first-order valence-electron chi connectivity index (χ1n) is 6.96. The second-order valence-corrected chi connectivity index (χ2v) is 5.15. The van der Waals surface area contributed by atoms with E-state index >= 15 is 0 Å². The lowest BCUT2D eigenvalue weighted by atomic mass is 10.2. The largest absolute Gasteiger partial charge is 0.377 e. The van der Waals surface area contributed by atoms with Crippen molar-refractivity contribution in [2.75, 3.05) is 26.7 Å². The summed E-state index contributed by atoms with van der Waals surface area (Å²) in [6, 6.07) is 6.31. The van der Waals surface area contributed by atoms with Crippen molar-refractivity contribution in [2.45, 2.75) is 25.5 Å². The van der Waals surface area contributed by atoms with Crippen LogP contribution in [0, 0.1) is 5.82 Å². The molecule has 110 valence electrons. The zero-order valence-electron chi connectivity index (χ0n) is 11.8. The molecule has 20 heavy (non-hydrogen) atoms. The number of ether oxygens (including phenoxy) is 1. The van der Waals surface area contributed by atoms with Gasteiger partial charge < -0.3 is 15.0 Å². The van der Waals surface area contributed by atoms with E-state index in [1.165, 1.54) is 12.1 Å². The van der Waals surface area contributed by atoms with Crippen LogP contribution in [0.25, 0.3) is 0 Å². The van der Waals surface area contributed by atoms with E-state index in [2.05, 4.69) is 5.32 Å². The second kappa shape index (κ2) is 7.36. The molecule has 0 radical (unpaired) electrons. The first kappa shape index (κ1) is 14.9. The van der Waals surface area contributed by atoms with Crippen LogP contribution in [0.1, 0.15) is 18.4 Å². The molecular weight excluding hydrogens is 259 g/mol. The van der Waals surface area contributed by atoms with Gasteiger partial charge in [0.25, 0.3) is 0 Å². The molecule has 1 heterocycles. The Labute approximate surface area is 118 Å². The molecule has 1 aliphatic heterocycles. The molecule has 0 spiro atoms. The number of hydrogen-bond donors (Lipinski definition) is 1. The van der Waals surface area contributed by atoms with Gasteiger partial charge in [0.15, 0.2) is 0 Å². The molecule has 1 aromatic carbocycles. The van der Waals surface area contributed by atoms with Crippen molar-refractivity contribution in [1.82, 2.24) is 10.2 Å². The van der Waals surface area contributed by atoms with Gasteiger partial charge in [-0.2, -0.15) is 0 Å². The zero-order chi connectivity index (χ0) is 14.4. The molecule has 1 saturated heterocycles. The Bertz CT molecular complexity index is 447. The van der Waals surface area contributed by atoms with Crippen LogP contribution < -0.4 is 5.32 Å². The van der Waals surface area contributed by atoms with Crippen molar-refractivity contribution in [1.29, 1.82) is 0 Å². The Morgan fingerprint density at radius 1 is 1.55 bits per heavy atom. The highest BCUT2D eigenvalue weighted by Gasteiger charge is 2.16. The first-order valence-corrected chi connectivity index (χ1v) is 6.96. The summed E-state index contributed by atoms with van der Waals surface area (Å²) >= 11 is 0. The SMILES string of the molecule is CN(Cc1cccc(F)c1)C(=O)CNCC1CCCO1. The monoisotopic (exact) mass is 280 g/mol. The van der Waals surface area contributed by atoms with E-state index in [0.29, 0.717) is 13.1 Å². The molecule has 0 bridgehead atoms. The molecule has 0 aromatic heterocycles. The van der Waals surface area contributed by atoms with Gasteiger partial charge in [-0.25, -0.2) is 4.39 Å². The minimum absolute atomic E-state index is 0.00717. The van der Waals surface area contributed by atoms with Gasteiger partial charge in [-0.05, 0) is 30.5 Å². The van der Waals surface area contributed by atoms with Crippen molar-refractivity contribution >= 4 is 5.91 Å². The number of nitrogens with zero attached hydrogens (tertiary/aromatic N) is 1. The van der Waals surface area contributed by atoms with Crippen LogP contribution in [0.4, 0.5) is 4.39 Å². The number of hydrogen-bond acceptors (Lipinski definition) is 3. The number of nitrogens with one attached hydrogen (secondary N) is 1. The minimum atomic E-state index is -0.278. The number of benzene rings is 1. The van der Waals surface area contributed by atoms with Gasteiger partial charge in [0.1, 0.15) is 5.82 Å². The average Bonchev–Trinajstić information content (AvgIpc) is 2.91. The molecule has 1 unspecified atom stereocenters. The Balaban J connectivity index is 1.71. The molecule has 1 N–H and O–H groups in total. The standard InChI is InChI=1S/C15H21FN2O2/c1-18(11-12-4-2-5-13(16)8-12)15(19)10-17-9-14-6-3-7-20-14/h2,4-5,8,14,17H,3,6-7,9-11H2,1H3. The predicted octanol–water partition coefficient (Wildman–Crippen LogP) is 1.55.